The number of aliphatic imine (C=N–C) groups is 1. The minimum absolute atomic E-state index is 0.603. The summed E-state index contributed by atoms with van der Waals surface area (Å²) >= 11 is 7.61. The Morgan fingerprint density at radius 1 is 1.36 bits per heavy atom. The molecule has 4 nitrogen and oxygen atoms in total. The molecule has 0 unspecified atom stereocenters. The molecular weight excluding hydrogens is 316 g/mol. The van der Waals surface area contributed by atoms with E-state index in [1.165, 1.54) is 10.4 Å². The van der Waals surface area contributed by atoms with Crippen LogP contribution in [-0.4, -0.2) is 29.4 Å². The molecule has 0 atom stereocenters. The summed E-state index contributed by atoms with van der Waals surface area (Å²) in [6.07, 6.45) is 1.89. The summed E-state index contributed by atoms with van der Waals surface area (Å²) in [4.78, 5) is 12.3. The van der Waals surface area contributed by atoms with Crippen molar-refractivity contribution >= 4 is 28.9 Å². The van der Waals surface area contributed by atoms with Crippen LogP contribution in [0.5, 0.6) is 0 Å². The Labute approximate surface area is 140 Å². The largest absolute Gasteiger partial charge is 0.357 e. The molecule has 1 heterocycles. The van der Waals surface area contributed by atoms with Crippen molar-refractivity contribution in [3.63, 3.8) is 0 Å². The zero-order chi connectivity index (χ0) is 15.9. The Balaban J connectivity index is 2.03. The smallest absolute Gasteiger partial charge is 0.194 e. The second-order valence-electron chi connectivity index (χ2n) is 5.02. The van der Waals surface area contributed by atoms with E-state index in [1.54, 1.807) is 11.3 Å². The summed E-state index contributed by atoms with van der Waals surface area (Å²) < 4.78 is 0. The molecule has 0 amide bonds. The fourth-order valence-corrected chi connectivity index (χ4v) is 2.86. The van der Waals surface area contributed by atoms with Crippen LogP contribution in [0.25, 0.3) is 0 Å². The Hall–Kier alpha value is -1.59. The van der Waals surface area contributed by atoms with E-state index in [2.05, 4.69) is 34.0 Å². The van der Waals surface area contributed by atoms with Crippen molar-refractivity contribution < 1.29 is 0 Å². The Morgan fingerprint density at radius 3 is 2.68 bits per heavy atom. The van der Waals surface area contributed by atoms with Crippen LogP contribution in [0.15, 0.2) is 35.5 Å². The van der Waals surface area contributed by atoms with Gasteiger partial charge in [0, 0.05) is 36.2 Å². The molecule has 0 aliphatic heterocycles. The van der Waals surface area contributed by atoms with Crippen LogP contribution < -0.4 is 5.32 Å². The van der Waals surface area contributed by atoms with Crippen LogP contribution in [-0.2, 0) is 13.1 Å². The van der Waals surface area contributed by atoms with Crippen LogP contribution in [0.3, 0.4) is 0 Å². The molecule has 0 fully saturated rings. The maximum Gasteiger partial charge on any atom is 0.194 e. The van der Waals surface area contributed by atoms with E-state index in [0.717, 1.165) is 29.1 Å². The minimum Gasteiger partial charge on any atom is -0.357 e. The highest BCUT2D eigenvalue weighted by Gasteiger charge is 2.07. The molecular formula is C16H21ClN4S. The molecule has 1 aromatic carbocycles. The Bertz CT molecular complexity index is 621. The van der Waals surface area contributed by atoms with Gasteiger partial charge in [0.1, 0.15) is 5.01 Å². The van der Waals surface area contributed by atoms with Crippen molar-refractivity contribution in [2.24, 2.45) is 4.99 Å². The van der Waals surface area contributed by atoms with Gasteiger partial charge in [-0.25, -0.2) is 9.98 Å². The first-order chi connectivity index (χ1) is 10.6. The zero-order valence-electron chi connectivity index (χ0n) is 13.1. The SMILES string of the molecule is CCNC(=NCc1ncc(C)s1)N(C)Cc1ccc(Cl)cc1. The molecule has 0 spiro atoms. The molecule has 2 aromatic rings. The summed E-state index contributed by atoms with van der Waals surface area (Å²) in [5.41, 5.74) is 1.20. The number of nitrogens with zero attached hydrogens (tertiary/aromatic N) is 3. The monoisotopic (exact) mass is 336 g/mol. The summed E-state index contributed by atoms with van der Waals surface area (Å²) in [6.45, 7) is 6.34. The first-order valence-electron chi connectivity index (χ1n) is 7.23. The number of halogens is 1. The van der Waals surface area contributed by atoms with E-state index in [4.69, 9.17) is 11.6 Å². The first kappa shape index (κ1) is 16.8. The van der Waals surface area contributed by atoms with E-state index >= 15 is 0 Å². The molecule has 0 saturated heterocycles. The van der Waals surface area contributed by atoms with Crippen LogP contribution >= 0.6 is 22.9 Å². The van der Waals surface area contributed by atoms with Crippen LogP contribution in [0, 0.1) is 6.92 Å². The molecule has 0 bridgehead atoms. The fourth-order valence-electron chi connectivity index (χ4n) is 2.03. The molecule has 0 aliphatic rings. The maximum absolute atomic E-state index is 5.92. The molecule has 0 saturated carbocycles. The third-order valence-electron chi connectivity index (χ3n) is 3.06. The number of aromatic nitrogens is 1. The number of aryl methyl sites for hydroxylation is 1. The van der Waals surface area contributed by atoms with Gasteiger partial charge in [-0.05, 0) is 31.5 Å². The first-order valence-corrected chi connectivity index (χ1v) is 8.43. The second-order valence-corrected chi connectivity index (χ2v) is 6.77. The van der Waals surface area contributed by atoms with E-state index in [0.29, 0.717) is 6.54 Å². The number of benzene rings is 1. The number of hydrogen-bond acceptors (Lipinski definition) is 3. The quantitative estimate of drug-likeness (QED) is 0.668. The molecule has 2 rings (SSSR count). The lowest BCUT2D eigenvalue weighted by Crippen LogP contribution is -2.38. The van der Waals surface area contributed by atoms with Gasteiger partial charge in [-0.15, -0.1) is 11.3 Å². The highest BCUT2D eigenvalue weighted by atomic mass is 35.5. The molecule has 0 aliphatic carbocycles. The normalized spacial score (nSPS) is 11.5. The summed E-state index contributed by atoms with van der Waals surface area (Å²) in [7, 11) is 2.03. The van der Waals surface area contributed by atoms with Crippen molar-refractivity contribution in [1.82, 2.24) is 15.2 Å². The van der Waals surface area contributed by atoms with Gasteiger partial charge in [-0.2, -0.15) is 0 Å². The van der Waals surface area contributed by atoms with Gasteiger partial charge in [-0.3, -0.25) is 0 Å². The van der Waals surface area contributed by atoms with Crippen molar-refractivity contribution in [2.45, 2.75) is 26.9 Å². The van der Waals surface area contributed by atoms with Gasteiger partial charge in [0.2, 0.25) is 0 Å². The summed E-state index contributed by atoms with van der Waals surface area (Å²) in [6, 6.07) is 7.89. The molecule has 118 valence electrons. The van der Waals surface area contributed by atoms with E-state index < -0.39 is 0 Å². The van der Waals surface area contributed by atoms with Crippen molar-refractivity contribution in [2.75, 3.05) is 13.6 Å². The standard InChI is InChI=1S/C16H21ClN4S/c1-4-18-16(20-10-15-19-9-12(2)22-15)21(3)11-13-5-7-14(17)8-6-13/h5-9H,4,10-11H2,1-3H3,(H,18,20). The zero-order valence-corrected chi connectivity index (χ0v) is 14.7. The number of guanidine groups is 1. The Kier molecular flexibility index (Phi) is 6.21. The van der Waals surface area contributed by atoms with Gasteiger partial charge in [0.25, 0.3) is 0 Å². The van der Waals surface area contributed by atoms with Crippen molar-refractivity contribution in [1.29, 1.82) is 0 Å². The third-order valence-corrected chi connectivity index (χ3v) is 4.21. The van der Waals surface area contributed by atoms with Gasteiger partial charge >= 0.3 is 0 Å². The summed E-state index contributed by atoms with van der Waals surface area (Å²) in [5.74, 6) is 0.880. The topological polar surface area (TPSA) is 40.5 Å². The Morgan fingerprint density at radius 2 is 2.09 bits per heavy atom. The number of thiazole rings is 1. The van der Waals surface area contributed by atoms with E-state index in [-0.39, 0.29) is 0 Å². The number of nitrogens with one attached hydrogen (secondary N) is 1. The minimum atomic E-state index is 0.603. The van der Waals surface area contributed by atoms with Crippen molar-refractivity contribution in [3.8, 4) is 0 Å². The average molecular weight is 337 g/mol. The molecule has 6 heteroatoms. The van der Waals surface area contributed by atoms with Crippen LogP contribution in [0.4, 0.5) is 0 Å². The second kappa shape index (κ2) is 8.15. The predicted molar refractivity (Wildman–Crippen MR) is 94.6 cm³/mol. The highest BCUT2D eigenvalue weighted by Crippen LogP contribution is 2.13. The molecule has 0 radical (unpaired) electrons. The molecule has 22 heavy (non-hydrogen) atoms. The number of hydrogen-bond donors (Lipinski definition) is 1. The maximum atomic E-state index is 5.92. The van der Waals surface area contributed by atoms with Gasteiger partial charge in [0.05, 0.1) is 6.54 Å². The van der Waals surface area contributed by atoms with Crippen molar-refractivity contribution in [3.05, 3.63) is 50.9 Å². The van der Waals surface area contributed by atoms with Gasteiger partial charge in [0.15, 0.2) is 5.96 Å². The average Bonchev–Trinajstić information content (AvgIpc) is 2.91. The molecule has 1 N–H and O–H groups in total. The lowest BCUT2D eigenvalue weighted by atomic mass is 10.2. The third kappa shape index (κ3) is 5.00. The lowest BCUT2D eigenvalue weighted by molar-refractivity contribution is 0.477. The van der Waals surface area contributed by atoms with Gasteiger partial charge < -0.3 is 10.2 Å². The van der Waals surface area contributed by atoms with Crippen LogP contribution in [0.1, 0.15) is 22.4 Å². The fraction of sp³-hybridized carbons (Fsp3) is 0.375. The van der Waals surface area contributed by atoms with Gasteiger partial charge in [-0.1, -0.05) is 23.7 Å². The van der Waals surface area contributed by atoms with E-state index in [1.807, 2.05) is 37.5 Å². The summed E-state index contributed by atoms with van der Waals surface area (Å²) in [5, 5.41) is 5.11. The predicted octanol–water partition coefficient (Wildman–Crippen LogP) is 3.70. The highest BCUT2D eigenvalue weighted by molar-refractivity contribution is 7.11. The van der Waals surface area contributed by atoms with E-state index in [9.17, 15) is 0 Å². The molecule has 1 aromatic heterocycles. The van der Waals surface area contributed by atoms with Crippen LogP contribution in [0.2, 0.25) is 5.02 Å². The number of rotatable bonds is 5. The lowest BCUT2D eigenvalue weighted by Gasteiger charge is -2.22.